The molecule has 0 fully saturated rings. The monoisotopic (exact) mass is 330 g/mol. The number of nitrogens with zero attached hydrogens (tertiary/aromatic N) is 2. The van der Waals surface area contributed by atoms with E-state index in [2.05, 4.69) is 83.7 Å². The van der Waals surface area contributed by atoms with Crippen molar-refractivity contribution in [3.8, 4) is 22.4 Å². The van der Waals surface area contributed by atoms with Crippen molar-refractivity contribution in [2.75, 3.05) is 4.81 Å². The second-order valence-electron chi connectivity index (χ2n) is 6.84. The largest absolute Gasteiger partial charge is 0.375 e. The molecule has 3 heterocycles. The SMILES string of the molecule is c1ccc2c(c1)B1c3ccccc3-c3ncccc3N1c1ccccc1-2. The molecular weight excluding hydrogens is 315 g/mol. The highest BCUT2D eigenvalue weighted by molar-refractivity contribution is 6.92. The van der Waals surface area contributed by atoms with Gasteiger partial charge in [-0.2, -0.15) is 0 Å². The number of anilines is 2. The number of aromatic nitrogens is 1. The summed E-state index contributed by atoms with van der Waals surface area (Å²) in [6, 6.07) is 30.4. The predicted molar refractivity (Wildman–Crippen MR) is 109 cm³/mol. The Morgan fingerprint density at radius 3 is 2.04 bits per heavy atom. The molecule has 0 bridgehead atoms. The van der Waals surface area contributed by atoms with Crippen LogP contribution in [0.2, 0.25) is 0 Å². The Hall–Kier alpha value is -3.33. The van der Waals surface area contributed by atoms with Crippen molar-refractivity contribution in [2.24, 2.45) is 0 Å². The number of para-hydroxylation sites is 1. The summed E-state index contributed by atoms with van der Waals surface area (Å²) in [5.74, 6) is 0. The first-order valence-corrected chi connectivity index (χ1v) is 8.95. The topological polar surface area (TPSA) is 16.1 Å². The minimum Gasteiger partial charge on any atom is -0.375 e. The van der Waals surface area contributed by atoms with Crippen molar-refractivity contribution in [3.05, 3.63) is 91.1 Å². The molecule has 0 saturated carbocycles. The molecule has 2 nitrogen and oxygen atoms in total. The Bertz CT molecular complexity index is 984. The molecule has 6 rings (SSSR count). The molecule has 2 aliphatic rings. The molecular formula is C23H15BN2. The number of benzene rings is 3. The van der Waals surface area contributed by atoms with E-state index in [0.29, 0.717) is 0 Å². The number of hydrogen-bond donors (Lipinski definition) is 0. The smallest absolute Gasteiger partial charge is 0.329 e. The maximum atomic E-state index is 4.74. The molecule has 3 aromatic carbocycles. The van der Waals surface area contributed by atoms with Crippen molar-refractivity contribution in [2.45, 2.75) is 0 Å². The maximum absolute atomic E-state index is 4.74. The van der Waals surface area contributed by atoms with Crippen molar-refractivity contribution in [1.82, 2.24) is 4.98 Å². The van der Waals surface area contributed by atoms with E-state index >= 15 is 0 Å². The van der Waals surface area contributed by atoms with Gasteiger partial charge in [0.25, 0.3) is 0 Å². The van der Waals surface area contributed by atoms with Crippen LogP contribution >= 0.6 is 0 Å². The number of rotatable bonds is 0. The van der Waals surface area contributed by atoms with Crippen molar-refractivity contribution >= 4 is 29.1 Å². The molecule has 4 aromatic rings. The van der Waals surface area contributed by atoms with Gasteiger partial charge < -0.3 is 4.81 Å². The first kappa shape index (κ1) is 13.9. The van der Waals surface area contributed by atoms with Crippen LogP contribution in [0.1, 0.15) is 0 Å². The van der Waals surface area contributed by atoms with Crippen LogP contribution in [0.25, 0.3) is 22.4 Å². The highest BCUT2D eigenvalue weighted by Crippen LogP contribution is 2.44. The number of hydrogen-bond acceptors (Lipinski definition) is 2. The molecule has 26 heavy (non-hydrogen) atoms. The van der Waals surface area contributed by atoms with Crippen LogP contribution in [0.15, 0.2) is 91.1 Å². The van der Waals surface area contributed by atoms with E-state index in [-0.39, 0.29) is 6.85 Å². The van der Waals surface area contributed by atoms with Crippen LogP contribution in [0.3, 0.4) is 0 Å². The lowest BCUT2D eigenvalue weighted by Gasteiger charge is -2.42. The normalized spacial score (nSPS) is 13.2. The molecule has 1 aromatic heterocycles. The summed E-state index contributed by atoms with van der Waals surface area (Å²) in [6.07, 6.45) is 1.89. The molecule has 3 heteroatoms. The van der Waals surface area contributed by atoms with Gasteiger partial charge in [0.2, 0.25) is 0 Å². The summed E-state index contributed by atoms with van der Waals surface area (Å²) >= 11 is 0. The van der Waals surface area contributed by atoms with Gasteiger partial charge in [-0.05, 0) is 40.3 Å². The van der Waals surface area contributed by atoms with Gasteiger partial charge in [-0.15, -0.1) is 0 Å². The molecule has 0 saturated heterocycles. The van der Waals surface area contributed by atoms with Gasteiger partial charge in [0.15, 0.2) is 0 Å². The molecule has 0 aliphatic carbocycles. The van der Waals surface area contributed by atoms with Gasteiger partial charge in [0.05, 0.1) is 11.4 Å². The van der Waals surface area contributed by atoms with E-state index in [1.54, 1.807) is 0 Å². The average Bonchev–Trinajstić information content (AvgIpc) is 2.73. The van der Waals surface area contributed by atoms with Gasteiger partial charge in [-0.1, -0.05) is 66.7 Å². The maximum Gasteiger partial charge on any atom is 0.329 e. The third-order valence-electron chi connectivity index (χ3n) is 5.52. The number of pyridine rings is 1. The standard InChI is InChI=1S/C23H15BN2/c1-4-11-19-16(8-1)17-9-3-6-13-21(17)26-22-14-7-15-25-23(22)18-10-2-5-12-20(18)24(19)26/h1-15H. The summed E-state index contributed by atoms with van der Waals surface area (Å²) in [5.41, 5.74) is 10.0. The molecule has 0 N–H and O–H groups in total. The van der Waals surface area contributed by atoms with E-state index in [0.717, 1.165) is 5.69 Å². The fourth-order valence-corrected chi connectivity index (χ4v) is 4.50. The van der Waals surface area contributed by atoms with Crippen LogP contribution in [-0.2, 0) is 0 Å². The lowest BCUT2D eigenvalue weighted by Crippen LogP contribution is -2.59. The summed E-state index contributed by atoms with van der Waals surface area (Å²) in [4.78, 5) is 7.20. The molecule has 0 unspecified atom stereocenters. The van der Waals surface area contributed by atoms with Crippen LogP contribution < -0.4 is 15.7 Å². The summed E-state index contributed by atoms with van der Waals surface area (Å²) in [6.45, 7) is 0.175. The summed E-state index contributed by atoms with van der Waals surface area (Å²) < 4.78 is 0. The highest BCUT2D eigenvalue weighted by Gasteiger charge is 2.42. The molecule has 0 amide bonds. The molecule has 0 atom stereocenters. The average molecular weight is 330 g/mol. The van der Waals surface area contributed by atoms with E-state index in [1.165, 1.54) is 39.0 Å². The second-order valence-corrected chi connectivity index (χ2v) is 6.84. The molecule has 2 aliphatic heterocycles. The predicted octanol–water partition coefficient (Wildman–Crippen LogP) is 3.99. The van der Waals surface area contributed by atoms with Gasteiger partial charge in [-0.25, -0.2) is 0 Å². The fourth-order valence-electron chi connectivity index (χ4n) is 4.50. The zero-order chi connectivity index (χ0) is 17.1. The molecule has 120 valence electrons. The Kier molecular flexibility index (Phi) is 2.72. The minimum atomic E-state index is 0.175. The lowest BCUT2D eigenvalue weighted by molar-refractivity contribution is 1.26. The van der Waals surface area contributed by atoms with Crippen LogP contribution in [0.4, 0.5) is 11.4 Å². The third-order valence-corrected chi connectivity index (χ3v) is 5.52. The third kappa shape index (κ3) is 1.70. The Morgan fingerprint density at radius 2 is 1.19 bits per heavy atom. The Labute approximate surface area is 152 Å². The van der Waals surface area contributed by atoms with Gasteiger partial charge >= 0.3 is 6.85 Å². The zero-order valence-corrected chi connectivity index (χ0v) is 14.1. The van der Waals surface area contributed by atoms with Gasteiger partial charge in [-0.3, -0.25) is 4.98 Å². The van der Waals surface area contributed by atoms with Crippen molar-refractivity contribution < 1.29 is 0 Å². The van der Waals surface area contributed by atoms with E-state index in [9.17, 15) is 0 Å². The summed E-state index contributed by atoms with van der Waals surface area (Å²) in [7, 11) is 0. The molecule has 0 radical (unpaired) electrons. The van der Waals surface area contributed by atoms with Crippen LogP contribution in [0, 0.1) is 0 Å². The van der Waals surface area contributed by atoms with E-state index in [1.807, 2.05) is 12.3 Å². The van der Waals surface area contributed by atoms with Gasteiger partial charge in [0.1, 0.15) is 0 Å². The number of fused-ring (bicyclic) bond motifs is 11. The fraction of sp³-hybridized carbons (Fsp3) is 0. The first-order chi connectivity index (χ1) is 12.9. The molecule has 0 spiro atoms. The quantitative estimate of drug-likeness (QED) is 0.453. The summed E-state index contributed by atoms with van der Waals surface area (Å²) in [5, 5.41) is 0. The van der Waals surface area contributed by atoms with Gasteiger partial charge in [0, 0.05) is 17.4 Å². The van der Waals surface area contributed by atoms with E-state index < -0.39 is 0 Å². The van der Waals surface area contributed by atoms with Crippen molar-refractivity contribution in [1.29, 1.82) is 0 Å². The van der Waals surface area contributed by atoms with E-state index in [4.69, 9.17) is 4.98 Å². The highest BCUT2D eigenvalue weighted by atomic mass is 15.1. The minimum absolute atomic E-state index is 0.175. The second kappa shape index (κ2) is 5.09. The van der Waals surface area contributed by atoms with Crippen LogP contribution in [0.5, 0.6) is 0 Å². The van der Waals surface area contributed by atoms with Crippen LogP contribution in [-0.4, -0.2) is 11.8 Å². The zero-order valence-electron chi connectivity index (χ0n) is 14.1. The Morgan fingerprint density at radius 1 is 0.577 bits per heavy atom. The Balaban J connectivity index is 1.77. The lowest BCUT2D eigenvalue weighted by atomic mass is 9.43. The van der Waals surface area contributed by atoms with Crippen molar-refractivity contribution in [3.63, 3.8) is 0 Å². The first-order valence-electron chi connectivity index (χ1n) is 8.95.